The van der Waals surface area contributed by atoms with Crippen molar-refractivity contribution in [1.82, 2.24) is 10.2 Å². The Kier molecular flexibility index (Phi) is 11.8. The second-order valence-electron chi connectivity index (χ2n) is 4.94. The Labute approximate surface area is 155 Å². The second kappa shape index (κ2) is 12.0. The van der Waals surface area contributed by atoms with Crippen molar-refractivity contribution >= 4 is 11.6 Å². The molecule has 0 saturated carbocycles. The van der Waals surface area contributed by atoms with E-state index in [0.717, 1.165) is 51.5 Å². The zero-order valence-corrected chi connectivity index (χ0v) is 15.7. The molecule has 0 unspecified atom stereocenters. The van der Waals surface area contributed by atoms with Crippen molar-refractivity contribution < 1.29 is 39.0 Å². The van der Waals surface area contributed by atoms with Crippen LogP contribution < -0.4 is 39.6 Å². The van der Waals surface area contributed by atoms with E-state index < -0.39 is 0 Å². The Morgan fingerprint density at radius 1 is 1.17 bits per heavy atom. The molecule has 2 rings (SSSR count). The van der Waals surface area contributed by atoms with Gasteiger partial charge in [-0.15, -0.1) is 0 Å². The zero-order valence-electron chi connectivity index (χ0n) is 13.4. The maximum atomic E-state index is 6.19. The average Bonchev–Trinajstić information content (AvgIpc) is 2.52. The standard InChI is InChI=1S/C15H23ClN2O3.2ClH/c1-19-14-10-12(9-13(16)15(14)20-2)11-17-3-4-18-5-7-21-8-6-18;;/h9-10,17H,3-8,11H2,1-2H3;2*1H/p-2. The summed E-state index contributed by atoms with van der Waals surface area (Å²) in [6.07, 6.45) is 0. The zero-order chi connectivity index (χ0) is 15.1. The highest BCUT2D eigenvalue weighted by molar-refractivity contribution is 6.32. The molecule has 1 N–H and O–H groups in total. The van der Waals surface area contributed by atoms with Crippen molar-refractivity contribution in [3.05, 3.63) is 22.7 Å². The number of nitrogens with zero attached hydrogens (tertiary/aromatic N) is 1. The fourth-order valence-electron chi connectivity index (χ4n) is 2.37. The first-order valence-corrected chi connectivity index (χ1v) is 7.53. The predicted molar refractivity (Wildman–Crippen MR) is 83.5 cm³/mol. The van der Waals surface area contributed by atoms with Crippen LogP contribution in [0.15, 0.2) is 12.1 Å². The lowest BCUT2D eigenvalue weighted by Gasteiger charge is -2.26. The number of hydrogen-bond donors (Lipinski definition) is 1. The first-order chi connectivity index (χ1) is 10.2. The van der Waals surface area contributed by atoms with Gasteiger partial charge in [0.25, 0.3) is 0 Å². The highest BCUT2D eigenvalue weighted by Crippen LogP contribution is 2.35. The lowest BCUT2D eigenvalue weighted by molar-refractivity contribution is -0.00100. The molecule has 134 valence electrons. The van der Waals surface area contributed by atoms with Crippen molar-refractivity contribution in [3.63, 3.8) is 0 Å². The highest BCUT2D eigenvalue weighted by atomic mass is 35.5. The third-order valence-electron chi connectivity index (χ3n) is 3.53. The van der Waals surface area contributed by atoms with Gasteiger partial charge >= 0.3 is 0 Å². The van der Waals surface area contributed by atoms with E-state index in [1.807, 2.05) is 12.1 Å². The summed E-state index contributed by atoms with van der Waals surface area (Å²) in [6, 6.07) is 3.86. The molecular formula is C15H23Cl3N2O3-2. The van der Waals surface area contributed by atoms with Crippen molar-refractivity contribution in [3.8, 4) is 11.5 Å². The Morgan fingerprint density at radius 2 is 1.87 bits per heavy atom. The van der Waals surface area contributed by atoms with Crippen LogP contribution in [0.5, 0.6) is 11.5 Å². The second-order valence-corrected chi connectivity index (χ2v) is 5.35. The summed E-state index contributed by atoms with van der Waals surface area (Å²) in [5.74, 6) is 1.24. The number of morpholine rings is 1. The SMILES string of the molecule is COc1cc(CNCCN2CCOCC2)cc(Cl)c1OC.[Cl-].[Cl-]. The smallest absolute Gasteiger partial charge is 0.179 e. The van der Waals surface area contributed by atoms with Crippen molar-refractivity contribution in [1.29, 1.82) is 0 Å². The van der Waals surface area contributed by atoms with Crippen molar-refractivity contribution in [2.24, 2.45) is 0 Å². The molecule has 1 aliphatic rings. The van der Waals surface area contributed by atoms with Crippen LogP contribution in [0.1, 0.15) is 5.56 Å². The number of rotatable bonds is 7. The molecule has 1 aromatic rings. The van der Waals surface area contributed by atoms with Gasteiger partial charge < -0.3 is 44.3 Å². The molecule has 0 aromatic heterocycles. The molecule has 0 bridgehead atoms. The lowest BCUT2D eigenvalue weighted by atomic mass is 10.2. The molecule has 1 aromatic carbocycles. The van der Waals surface area contributed by atoms with Gasteiger partial charge in [-0.25, -0.2) is 0 Å². The summed E-state index contributed by atoms with van der Waals surface area (Å²) in [7, 11) is 3.20. The average molecular weight is 386 g/mol. The largest absolute Gasteiger partial charge is 1.00 e. The van der Waals surface area contributed by atoms with Gasteiger partial charge in [0.1, 0.15) is 0 Å². The molecule has 23 heavy (non-hydrogen) atoms. The minimum atomic E-state index is 0. The molecule has 0 aliphatic carbocycles. The Hall–Kier alpha value is -0.430. The monoisotopic (exact) mass is 384 g/mol. The normalized spacial score (nSPS) is 14.6. The molecule has 0 spiro atoms. The number of hydrogen-bond acceptors (Lipinski definition) is 5. The van der Waals surface area contributed by atoms with Crippen LogP contribution in [-0.4, -0.2) is 58.5 Å². The van der Waals surface area contributed by atoms with E-state index in [-0.39, 0.29) is 24.8 Å². The number of halogens is 3. The Bertz CT molecular complexity index is 458. The van der Waals surface area contributed by atoms with E-state index >= 15 is 0 Å². The molecule has 1 fully saturated rings. The number of ether oxygens (including phenoxy) is 3. The van der Waals surface area contributed by atoms with Crippen molar-refractivity contribution in [2.45, 2.75) is 6.54 Å². The molecule has 5 nitrogen and oxygen atoms in total. The van der Waals surface area contributed by atoms with Crippen LogP contribution in [-0.2, 0) is 11.3 Å². The molecule has 0 amide bonds. The summed E-state index contributed by atoms with van der Waals surface area (Å²) in [5, 5.41) is 4.00. The van der Waals surface area contributed by atoms with E-state index in [9.17, 15) is 0 Å². The summed E-state index contributed by atoms with van der Waals surface area (Å²) in [4.78, 5) is 2.40. The summed E-state index contributed by atoms with van der Waals surface area (Å²) in [5.41, 5.74) is 1.08. The topological polar surface area (TPSA) is 43.0 Å². The summed E-state index contributed by atoms with van der Waals surface area (Å²) in [6.45, 7) is 6.44. The van der Waals surface area contributed by atoms with Crippen LogP contribution in [0.2, 0.25) is 5.02 Å². The third-order valence-corrected chi connectivity index (χ3v) is 3.81. The fraction of sp³-hybridized carbons (Fsp3) is 0.600. The van der Waals surface area contributed by atoms with Crippen LogP contribution in [0.4, 0.5) is 0 Å². The van der Waals surface area contributed by atoms with Crippen LogP contribution in [0.3, 0.4) is 0 Å². The maximum Gasteiger partial charge on any atom is 0.179 e. The van der Waals surface area contributed by atoms with E-state index in [0.29, 0.717) is 16.5 Å². The quantitative estimate of drug-likeness (QED) is 0.482. The van der Waals surface area contributed by atoms with Crippen LogP contribution in [0.25, 0.3) is 0 Å². The van der Waals surface area contributed by atoms with Gasteiger partial charge in [-0.1, -0.05) is 11.6 Å². The van der Waals surface area contributed by atoms with Gasteiger partial charge in [0, 0.05) is 32.7 Å². The third kappa shape index (κ3) is 6.91. The van der Waals surface area contributed by atoms with Crippen molar-refractivity contribution in [2.75, 3.05) is 53.6 Å². The fourth-order valence-corrected chi connectivity index (χ4v) is 2.68. The first kappa shape index (κ1) is 22.6. The van der Waals surface area contributed by atoms with E-state index in [2.05, 4.69) is 10.2 Å². The maximum absolute atomic E-state index is 6.19. The predicted octanol–water partition coefficient (Wildman–Crippen LogP) is -4.21. The molecule has 1 heterocycles. The van der Waals surface area contributed by atoms with Gasteiger partial charge in [0.05, 0.1) is 32.5 Å². The van der Waals surface area contributed by atoms with Gasteiger partial charge in [0.15, 0.2) is 11.5 Å². The molecule has 0 radical (unpaired) electrons. The van der Waals surface area contributed by atoms with Gasteiger partial charge in [-0.2, -0.15) is 0 Å². The lowest BCUT2D eigenvalue weighted by Crippen LogP contribution is -3.00. The first-order valence-electron chi connectivity index (χ1n) is 7.16. The summed E-state index contributed by atoms with van der Waals surface area (Å²) >= 11 is 6.19. The Morgan fingerprint density at radius 3 is 2.48 bits per heavy atom. The van der Waals surface area contributed by atoms with Crippen LogP contribution >= 0.6 is 11.6 Å². The molecule has 1 aliphatic heterocycles. The number of nitrogens with one attached hydrogen (secondary N) is 1. The Balaban J connectivity index is 0.00000242. The molecule has 0 atom stereocenters. The summed E-state index contributed by atoms with van der Waals surface area (Å²) < 4.78 is 15.9. The number of benzene rings is 1. The van der Waals surface area contributed by atoms with E-state index in [1.165, 1.54) is 0 Å². The van der Waals surface area contributed by atoms with Crippen LogP contribution in [0, 0.1) is 0 Å². The van der Waals surface area contributed by atoms with E-state index in [1.54, 1.807) is 14.2 Å². The van der Waals surface area contributed by atoms with Gasteiger partial charge in [0.2, 0.25) is 0 Å². The number of methoxy groups -OCH3 is 2. The minimum Gasteiger partial charge on any atom is -1.00 e. The molecule has 1 saturated heterocycles. The van der Waals surface area contributed by atoms with Gasteiger partial charge in [-0.05, 0) is 17.7 Å². The molecule has 8 heteroatoms. The minimum absolute atomic E-state index is 0. The van der Waals surface area contributed by atoms with E-state index in [4.69, 9.17) is 25.8 Å². The molecular weight excluding hydrogens is 363 g/mol. The highest BCUT2D eigenvalue weighted by Gasteiger charge is 2.11. The van der Waals surface area contributed by atoms with Gasteiger partial charge in [-0.3, -0.25) is 4.90 Å².